The van der Waals surface area contributed by atoms with E-state index in [2.05, 4.69) is 21.8 Å². The fourth-order valence-electron chi connectivity index (χ4n) is 5.44. The molecule has 1 saturated carbocycles. The number of anilines is 1. The van der Waals surface area contributed by atoms with Crippen LogP contribution in [-0.4, -0.2) is 53.6 Å². The highest BCUT2D eigenvalue weighted by molar-refractivity contribution is 6.30. The second-order valence-electron chi connectivity index (χ2n) is 10.2. The van der Waals surface area contributed by atoms with Crippen molar-refractivity contribution in [3.05, 3.63) is 47.0 Å². The van der Waals surface area contributed by atoms with Crippen LogP contribution in [0.15, 0.2) is 30.6 Å². The van der Waals surface area contributed by atoms with Crippen molar-refractivity contribution in [2.24, 2.45) is 23.7 Å². The monoisotopic (exact) mass is 486 g/mol. The SMILES string of the molecule is CC1CN(C(=O)Cc2ccc(OCC[C@@H]3C[C@@H]3C3CCN(c4ncc(Cl)cn4)CC3)cc2F)C1. The summed E-state index contributed by atoms with van der Waals surface area (Å²) < 4.78 is 20.3. The molecular formula is C26H32ClFN4O2. The largest absolute Gasteiger partial charge is 0.493 e. The van der Waals surface area contributed by atoms with Crippen LogP contribution in [-0.2, 0) is 11.2 Å². The molecule has 1 amide bonds. The highest BCUT2D eigenvalue weighted by Crippen LogP contribution is 2.49. The van der Waals surface area contributed by atoms with Crippen molar-refractivity contribution in [3.63, 3.8) is 0 Å². The number of carbonyl (C=O) groups excluding carboxylic acids is 1. The highest BCUT2D eigenvalue weighted by atomic mass is 35.5. The molecule has 8 heteroatoms. The predicted octanol–water partition coefficient (Wildman–Crippen LogP) is 4.61. The van der Waals surface area contributed by atoms with Crippen LogP contribution in [0.4, 0.5) is 10.3 Å². The van der Waals surface area contributed by atoms with Crippen molar-refractivity contribution in [2.45, 2.75) is 39.0 Å². The van der Waals surface area contributed by atoms with Gasteiger partial charge in [-0.15, -0.1) is 0 Å². The van der Waals surface area contributed by atoms with Gasteiger partial charge in [0.1, 0.15) is 11.6 Å². The second kappa shape index (κ2) is 10.1. The Kier molecular flexibility index (Phi) is 6.91. The van der Waals surface area contributed by atoms with Crippen molar-refractivity contribution in [1.82, 2.24) is 14.9 Å². The van der Waals surface area contributed by atoms with Crippen LogP contribution in [0.3, 0.4) is 0 Å². The summed E-state index contributed by atoms with van der Waals surface area (Å²) in [6, 6.07) is 4.88. The minimum atomic E-state index is -0.361. The zero-order valence-electron chi connectivity index (χ0n) is 19.6. The van der Waals surface area contributed by atoms with Gasteiger partial charge in [0.25, 0.3) is 0 Å². The standard InChI is InChI=1S/C26H32ClFN4O2/c1-17-15-32(16-17)25(33)11-20-2-3-22(12-24(20)28)34-9-6-19-10-23(19)18-4-7-31(8-5-18)26-29-13-21(27)14-30-26/h2-3,12-14,17-19,23H,4-11,15-16H2,1H3/t19-,23-/m1/s1. The first kappa shape index (κ1) is 23.3. The van der Waals surface area contributed by atoms with Crippen molar-refractivity contribution >= 4 is 23.5 Å². The molecule has 1 aromatic heterocycles. The first-order valence-electron chi connectivity index (χ1n) is 12.4. The average molecular weight is 487 g/mol. The Balaban J connectivity index is 1.02. The molecule has 5 rings (SSSR count). The van der Waals surface area contributed by atoms with Crippen molar-refractivity contribution in [3.8, 4) is 5.75 Å². The number of likely N-dealkylation sites (tertiary alicyclic amines) is 1. The molecule has 34 heavy (non-hydrogen) atoms. The first-order valence-corrected chi connectivity index (χ1v) is 12.8. The van der Waals surface area contributed by atoms with Gasteiger partial charge >= 0.3 is 0 Å². The topological polar surface area (TPSA) is 58.6 Å². The molecule has 182 valence electrons. The Labute approximate surface area is 205 Å². The van der Waals surface area contributed by atoms with E-state index in [1.807, 2.05) is 0 Å². The lowest BCUT2D eigenvalue weighted by Gasteiger charge is -2.37. The minimum absolute atomic E-state index is 0.00281. The van der Waals surface area contributed by atoms with Gasteiger partial charge in [-0.1, -0.05) is 24.6 Å². The molecule has 0 spiro atoms. The van der Waals surface area contributed by atoms with Gasteiger partial charge in [0, 0.05) is 32.2 Å². The quantitative estimate of drug-likeness (QED) is 0.545. The van der Waals surface area contributed by atoms with E-state index in [9.17, 15) is 9.18 Å². The summed E-state index contributed by atoms with van der Waals surface area (Å²) in [5.41, 5.74) is 0.439. The van der Waals surface area contributed by atoms with Gasteiger partial charge in [-0.25, -0.2) is 14.4 Å². The van der Waals surface area contributed by atoms with Crippen molar-refractivity contribution in [2.75, 3.05) is 37.7 Å². The molecule has 2 atom stereocenters. The molecule has 3 fully saturated rings. The molecule has 0 radical (unpaired) electrons. The Bertz CT molecular complexity index is 1010. The van der Waals surface area contributed by atoms with Crippen LogP contribution in [0.25, 0.3) is 0 Å². The van der Waals surface area contributed by atoms with E-state index in [0.717, 1.165) is 63.2 Å². The normalized spacial score (nSPS) is 23.0. The van der Waals surface area contributed by atoms with E-state index < -0.39 is 0 Å². The summed E-state index contributed by atoms with van der Waals surface area (Å²) in [6.45, 7) is 6.23. The number of ether oxygens (including phenoxy) is 1. The van der Waals surface area contributed by atoms with Gasteiger partial charge in [0.05, 0.1) is 30.4 Å². The molecule has 0 bridgehead atoms. The Morgan fingerprint density at radius 2 is 1.94 bits per heavy atom. The Hall–Kier alpha value is -2.41. The molecule has 2 aliphatic heterocycles. The molecule has 3 aliphatic rings. The molecular weight excluding hydrogens is 455 g/mol. The molecule has 6 nitrogen and oxygen atoms in total. The number of piperidine rings is 1. The van der Waals surface area contributed by atoms with Crippen molar-refractivity contribution < 1.29 is 13.9 Å². The number of hydrogen-bond donors (Lipinski definition) is 0. The molecule has 1 aliphatic carbocycles. The zero-order valence-corrected chi connectivity index (χ0v) is 20.4. The van der Waals surface area contributed by atoms with Crippen LogP contribution in [0.1, 0.15) is 38.2 Å². The van der Waals surface area contributed by atoms with Gasteiger partial charge in [-0.3, -0.25) is 4.79 Å². The van der Waals surface area contributed by atoms with E-state index in [1.54, 1.807) is 29.4 Å². The summed E-state index contributed by atoms with van der Waals surface area (Å²) in [5.74, 6) is 3.71. The average Bonchev–Trinajstić information content (AvgIpc) is 3.59. The Morgan fingerprint density at radius 1 is 1.21 bits per heavy atom. The van der Waals surface area contributed by atoms with Crippen LogP contribution < -0.4 is 9.64 Å². The van der Waals surface area contributed by atoms with E-state index >= 15 is 0 Å². The number of amides is 1. The number of aromatic nitrogens is 2. The maximum atomic E-state index is 14.5. The van der Waals surface area contributed by atoms with Crippen LogP contribution in [0, 0.1) is 29.5 Å². The molecule has 2 aromatic rings. The number of halogens is 2. The third-order valence-corrected chi connectivity index (χ3v) is 7.75. The lowest BCUT2D eigenvalue weighted by molar-refractivity contribution is -0.136. The lowest BCUT2D eigenvalue weighted by atomic mass is 9.90. The highest BCUT2D eigenvalue weighted by Gasteiger charge is 2.43. The fourth-order valence-corrected chi connectivity index (χ4v) is 5.54. The number of hydrogen-bond acceptors (Lipinski definition) is 5. The summed E-state index contributed by atoms with van der Waals surface area (Å²) in [6.07, 6.45) is 8.01. The second-order valence-corrected chi connectivity index (χ2v) is 10.6. The van der Waals surface area contributed by atoms with Crippen LogP contribution in [0.2, 0.25) is 5.02 Å². The van der Waals surface area contributed by atoms with E-state index in [4.69, 9.17) is 16.3 Å². The summed E-state index contributed by atoms with van der Waals surface area (Å²) in [7, 11) is 0. The molecule has 0 unspecified atom stereocenters. The first-order chi connectivity index (χ1) is 16.5. The summed E-state index contributed by atoms with van der Waals surface area (Å²) >= 11 is 5.89. The third kappa shape index (κ3) is 5.45. The fraction of sp³-hybridized carbons (Fsp3) is 0.577. The van der Waals surface area contributed by atoms with Gasteiger partial charge in [0.15, 0.2) is 0 Å². The summed E-state index contributed by atoms with van der Waals surface area (Å²) in [4.78, 5) is 24.9. The summed E-state index contributed by atoms with van der Waals surface area (Å²) in [5, 5.41) is 0.562. The van der Waals surface area contributed by atoms with Crippen LogP contribution in [0.5, 0.6) is 5.75 Å². The smallest absolute Gasteiger partial charge is 0.227 e. The Morgan fingerprint density at radius 3 is 2.62 bits per heavy atom. The van der Waals surface area contributed by atoms with E-state index in [0.29, 0.717) is 34.8 Å². The number of benzene rings is 1. The van der Waals surface area contributed by atoms with Crippen molar-refractivity contribution in [1.29, 1.82) is 0 Å². The third-order valence-electron chi connectivity index (χ3n) is 7.55. The minimum Gasteiger partial charge on any atom is -0.493 e. The molecule has 1 aromatic carbocycles. The lowest BCUT2D eigenvalue weighted by Crippen LogP contribution is -2.49. The number of rotatable bonds is 8. The van der Waals surface area contributed by atoms with Gasteiger partial charge in [-0.05, 0) is 61.0 Å². The van der Waals surface area contributed by atoms with Gasteiger partial charge in [0.2, 0.25) is 11.9 Å². The molecule has 0 N–H and O–H groups in total. The maximum absolute atomic E-state index is 14.5. The van der Waals surface area contributed by atoms with Gasteiger partial charge < -0.3 is 14.5 Å². The molecule has 3 heterocycles. The van der Waals surface area contributed by atoms with Gasteiger partial charge in [-0.2, -0.15) is 0 Å². The predicted molar refractivity (Wildman–Crippen MR) is 130 cm³/mol. The van der Waals surface area contributed by atoms with E-state index in [-0.39, 0.29) is 18.1 Å². The molecule has 2 saturated heterocycles. The zero-order chi connectivity index (χ0) is 23.7. The maximum Gasteiger partial charge on any atom is 0.227 e. The number of nitrogens with zero attached hydrogens (tertiary/aromatic N) is 4. The number of carbonyl (C=O) groups is 1. The van der Waals surface area contributed by atoms with Crippen LogP contribution >= 0.6 is 11.6 Å². The van der Waals surface area contributed by atoms with E-state index in [1.165, 1.54) is 12.5 Å².